The van der Waals surface area contributed by atoms with Crippen LogP contribution in [-0.2, 0) is 17.6 Å². The highest BCUT2D eigenvalue weighted by Gasteiger charge is 2.24. The van der Waals surface area contributed by atoms with E-state index in [0.29, 0.717) is 17.3 Å². The topological polar surface area (TPSA) is 66.1 Å². The van der Waals surface area contributed by atoms with Crippen LogP contribution in [0.15, 0.2) is 35.3 Å². The maximum atomic E-state index is 12.6. The van der Waals surface area contributed by atoms with Gasteiger partial charge < -0.3 is 9.88 Å². The van der Waals surface area contributed by atoms with Gasteiger partial charge in [-0.3, -0.25) is 9.59 Å². The van der Waals surface area contributed by atoms with E-state index in [1.165, 1.54) is 23.7 Å². The third kappa shape index (κ3) is 4.59. The van der Waals surface area contributed by atoms with Crippen LogP contribution in [0.3, 0.4) is 0 Å². The summed E-state index contributed by atoms with van der Waals surface area (Å²) in [4.78, 5) is 33.3. The number of aromatic amines is 1. The van der Waals surface area contributed by atoms with Crippen LogP contribution in [0.5, 0.6) is 0 Å². The summed E-state index contributed by atoms with van der Waals surface area (Å²) < 4.78 is 0. The lowest BCUT2D eigenvalue weighted by Crippen LogP contribution is -2.41. The van der Waals surface area contributed by atoms with Gasteiger partial charge in [-0.15, -0.1) is 0 Å². The molecule has 138 valence electrons. The molecule has 1 atom stereocenters. The Morgan fingerprint density at radius 2 is 2.08 bits per heavy atom. The first-order valence-corrected chi connectivity index (χ1v) is 9.40. The molecule has 1 aliphatic heterocycles. The Hall–Kier alpha value is -2.43. The van der Waals surface area contributed by atoms with Crippen molar-refractivity contribution in [3.05, 3.63) is 63.3 Å². The molecule has 5 heteroatoms. The van der Waals surface area contributed by atoms with E-state index in [9.17, 15) is 9.59 Å². The lowest BCUT2D eigenvalue weighted by molar-refractivity contribution is -0.132. The highest BCUT2D eigenvalue weighted by Crippen LogP contribution is 2.23. The molecule has 3 rings (SSSR count). The van der Waals surface area contributed by atoms with E-state index in [-0.39, 0.29) is 17.9 Å². The predicted molar refractivity (Wildman–Crippen MR) is 102 cm³/mol. The van der Waals surface area contributed by atoms with Gasteiger partial charge in [0.15, 0.2) is 0 Å². The van der Waals surface area contributed by atoms with Crippen LogP contribution in [0.1, 0.15) is 41.8 Å². The van der Waals surface area contributed by atoms with Gasteiger partial charge in [-0.25, -0.2) is 4.98 Å². The molecule has 1 aromatic carbocycles. The standard InChI is InChI=1S/C21H27N3O2/c1-15-6-3-4-8-18(15)10-9-17-7-5-11-24(14-17)20(25)12-19-13-22-16(2)23-21(19)26/h3-4,6,8,13,17H,5,7,9-12,14H2,1-2H3,(H,22,23,26)/t17-/m0/s1. The number of aryl methyl sites for hydroxylation is 3. The number of piperidine rings is 1. The number of likely N-dealkylation sites (tertiary alicyclic amines) is 1. The molecule has 1 saturated heterocycles. The van der Waals surface area contributed by atoms with Crippen LogP contribution in [0.25, 0.3) is 0 Å². The number of amides is 1. The molecule has 1 aliphatic rings. The summed E-state index contributed by atoms with van der Waals surface area (Å²) in [6.45, 7) is 5.47. The highest BCUT2D eigenvalue weighted by atomic mass is 16.2. The molecule has 5 nitrogen and oxygen atoms in total. The van der Waals surface area contributed by atoms with E-state index in [1.807, 2.05) is 4.90 Å². The number of aromatic nitrogens is 2. The number of hydrogen-bond donors (Lipinski definition) is 1. The summed E-state index contributed by atoms with van der Waals surface area (Å²) in [5, 5.41) is 0. The molecule has 1 amide bonds. The van der Waals surface area contributed by atoms with E-state index in [2.05, 4.69) is 41.2 Å². The van der Waals surface area contributed by atoms with Crippen molar-refractivity contribution in [3.8, 4) is 0 Å². The molecular formula is C21H27N3O2. The minimum absolute atomic E-state index is 0.0294. The van der Waals surface area contributed by atoms with Gasteiger partial charge in [0.05, 0.1) is 6.42 Å². The highest BCUT2D eigenvalue weighted by molar-refractivity contribution is 5.78. The van der Waals surface area contributed by atoms with Gasteiger partial charge in [0.2, 0.25) is 5.91 Å². The molecule has 0 bridgehead atoms. The Bertz CT molecular complexity index is 828. The van der Waals surface area contributed by atoms with E-state index in [1.54, 1.807) is 6.92 Å². The Morgan fingerprint density at radius 3 is 2.85 bits per heavy atom. The maximum absolute atomic E-state index is 12.6. The lowest BCUT2D eigenvalue weighted by atomic mass is 9.90. The van der Waals surface area contributed by atoms with Gasteiger partial charge in [-0.1, -0.05) is 24.3 Å². The van der Waals surface area contributed by atoms with Gasteiger partial charge in [-0.05, 0) is 56.6 Å². The maximum Gasteiger partial charge on any atom is 0.254 e. The number of benzene rings is 1. The van der Waals surface area contributed by atoms with Gasteiger partial charge in [0.25, 0.3) is 5.56 Å². The average Bonchev–Trinajstić information content (AvgIpc) is 2.63. The first kappa shape index (κ1) is 18.4. The average molecular weight is 353 g/mol. The van der Waals surface area contributed by atoms with Crippen molar-refractivity contribution in [2.75, 3.05) is 13.1 Å². The van der Waals surface area contributed by atoms with Gasteiger partial charge in [-0.2, -0.15) is 0 Å². The van der Waals surface area contributed by atoms with Crippen molar-refractivity contribution in [2.45, 2.75) is 46.0 Å². The third-order valence-electron chi connectivity index (χ3n) is 5.30. The Labute approximate surface area is 154 Å². The van der Waals surface area contributed by atoms with E-state index in [4.69, 9.17) is 0 Å². The van der Waals surface area contributed by atoms with E-state index >= 15 is 0 Å². The zero-order valence-corrected chi connectivity index (χ0v) is 15.6. The Balaban J connectivity index is 1.56. The number of carbonyl (C=O) groups excluding carboxylic acids is 1. The number of H-pyrrole nitrogens is 1. The SMILES string of the molecule is Cc1ncc(CC(=O)N2CCC[C@@H](CCc3ccccc3C)C2)c(=O)[nH]1. The van der Waals surface area contributed by atoms with Crippen molar-refractivity contribution in [3.63, 3.8) is 0 Å². The van der Waals surface area contributed by atoms with Crippen LogP contribution in [-0.4, -0.2) is 33.9 Å². The summed E-state index contributed by atoms with van der Waals surface area (Å²) >= 11 is 0. The number of rotatable bonds is 5. The molecule has 0 radical (unpaired) electrons. The fraction of sp³-hybridized carbons (Fsp3) is 0.476. The molecule has 26 heavy (non-hydrogen) atoms. The number of nitrogens with one attached hydrogen (secondary N) is 1. The number of nitrogens with zero attached hydrogens (tertiary/aromatic N) is 2. The molecule has 0 saturated carbocycles. The monoisotopic (exact) mass is 353 g/mol. The second-order valence-corrected chi connectivity index (χ2v) is 7.31. The van der Waals surface area contributed by atoms with Crippen molar-refractivity contribution in [1.82, 2.24) is 14.9 Å². The summed E-state index contributed by atoms with van der Waals surface area (Å²) in [5.74, 6) is 1.13. The van der Waals surface area contributed by atoms with Crippen molar-refractivity contribution in [2.24, 2.45) is 5.92 Å². The zero-order valence-electron chi connectivity index (χ0n) is 15.6. The van der Waals surface area contributed by atoms with Crippen LogP contribution < -0.4 is 5.56 Å². The van der Waals surface area contributed by atoms with E-state index < -0.39 is 0 Å². The summed E-state index contributed by atoms with van der Waals surface area (Å²) in [6.07, 6.45) is 6.01. The van der Waals surface area contributed by atoms with Crippen molar-refractivity contribution >= 4 is 5.91 Å². The second kappa shape index (κ2) is 8.30. The minimum atomic E-state index is -0.209. The Kier molecular flexibility index (Phi) is 5.86. The smallest absolute Gasteiger partial charge is 0.254 e. The van der Waals surface area contributed by atoms with Crippen molar-refractivity contribution in [1.29, 1.82) is 0 Å². The van der Waals surface area contributed by atoms with Gasteiger partial charge >= 0.3 is 0 Å². The largest absolute Gasteiger partial charge is 0.342 e. The quantitative estimate of drug-likeness (QED) is 0.899. The summed E-state index contributed by atoms with van der Waals surface area (Å²) in [7, 11) is 0. The molecule has 2 aromatic rings. The molecule has 0 aliphatic carbocycles. The predicted octanol–water partition coefficient (Wildman–Crippen LogP) is 2.80. The third-order valence-corrected chi connectivity index (χ3v) is 5.30. The molecular weight excluding hydrogens is 326 g/mol. The van der Waals surface area contributed by atoms with Crippen LogP contribution >= 0.6 is 0 Å². The normalized spacial score (nSPS) is 17.3. The van der Waals surface area contributed by atoms with Crippen LogP contribution in [0, 0.1) is 19.8 Å². The first-order chi connectivity index (χ1) is 12.5. The second-order valence-electron chi connectivity index (χ2n) is 7.31. The van der Waals surface area contributed by atoms with Gasteiger partial charge in [0, 0.05) is 24.8 Å². The Morgan fingerprint density at radius 1 is 1.27 bits per heavy atom. The molecule has 0 unspecified atom stereocenters. The van der Waals surface area contributed by atoms with Crippen LogP contribution in [0.4, 0.5) is 0 Å². The van der Waals surface area contributed by atoms with E-state index in [0.717, 1.165) is 32.4 Å². The number of carbonyl (C=O) groups is 1. The molecule has 0 spiro atoms. The molecule has 2 heterocycles. The van der Waals surface area contributed by atoms with Crippen LogP contribution in [0.2, 0.25) is 0 Å². The minimum Gasteiger partial charge on any atom is -0.342 e. The zero-order chi connectivity index (χ0) is 18.5. The summed E-state index contributed by atoms with van der Waals surface area (Å²) in [5.41, 5.74) is 2.97. The summed E-state index contributed by atoms with van der Waals surface area (Å²) in [6, 6.07) is 8.50. The fourth-order valence-corrected chi connectivity index (χ4v) is 3.69. The molecule has 1 fully saturated rings. The molecule has 1 aromatic heterocycles. The molecule has 1 N–H and O–H groups in total. The lowest BCUT2D eigenvalue weighted by Gasteiger charge is -2.33. The number of hydrogen-bond acceptors (Lipinski definition) is 3. The van der Waals surface area contributed by atoms with Gasteiger partial charge in [0.1, 0.15) is 5.82 Å². The van der Waals surface area contributed by atoms with Crippen molar-refractivity contribution < 1.29 is 4.79 Å². The fourth-order valence-electron chi connectivity index (χ4n) is 3.69. The first-order valence-electron chi connectivity index (χ1n) is 9.40.